The van der Waals surface area contributed by atoms with E-state index in [0.29, 0.717) is 5.96 Å². The monoisotopic (exact) mass is 300 g/mol. The first-order valence-electron chi connectivity index (χ1n) is 7.74. The summed E-state index contributed by atoms with van der Waals surface area (Å²) < 4.78 is 0. The second-order valence-corrected chi connectivity index (χ2v) is 5.19. The van der Waals surface area contributed by atoms with E-state index in [1.807, 2.05) is 18.5 Å². The van der Waals surface area contributed by atoms with Gasteiger partial charge in [-0.15, -0.1) is 0 Å². The third kappa shape index (κ3) is 6.39. The fourth-order valence-corrected chi connectivity index (χ4v) is 2.16. The number of aromatic amines is 1. The summed E-state index contributed by atoms with van der Waals surface area (Å²) in [4.78, 5) is 15.5. The molecule has 22 heavy (non-hydrogen) atoms. The number of nitrogens with one attached hydrogen (secondary N) is 2. The first-order chi connectivity index (χ1) is 10.8. The summed E-state index contributed by atoms with van der Waals surface area (Å²) in [5, 5.41) is 3.15. The SMILES string of the molecule is NC(=NCCCc1cnc[nH]1)NCCCCc1cccnc1. The van der Waals surface area contributed by atoms with Crippen molar-refractivity contribution >= 4 is 5.96 Å². The summed E-state index contributed by atoms with van der Waals surface area (Å²) in [7, 11) is 0. The summed E-state index contributed by atoms with van der Waals surface area (Å²) in [5.41, 5.74) is 8.25. The van der Waals surface area contributed by atoms with Gasteiger partial charge in [0.15, 0.2) is 5.96 Å². The normalized spacial score (nSPS) is 11.5. The smallest absolute Gasteiger partial charge is 0.188 e. The number of hydrogen-bond donors (Lipinski definition) is 3. The molecule has 0 unspecified atom stereocenters. The van der Waals surface area contributed by atoms with Crippen LogP contribution in [-0.2, 0) is 12.8 Å². The number of aliphatic imine (C=N–C) groups is 1. The summed E-state index contributed by atoms with van der Waals surface area (Å²) in [6, 6.07) is 4.08. The van der Waals surface area contributed by atoms with Gasteiger partial charge >= 0.3 is 0 Å². The molecule has 2 rings (SSSR count). The quantitative estimate of drug-likeness (QED) is 0.373. The number of H-pyrrole nitrogens is 1. The lowest BCUT2D eigenvalue weighted by atomic mass is 10.1. The van der Waals surface area contributed by atoms with Crippen LogP contribution in [0.1, 0.15) is 30.5 Å². The lowest BCUT2D eigenvalue weighted by molar-refractivity contribution is 0.702. The van der Waals surface area contributed by atoms with Gasteiger partial charge in [-0.25, -0.2) is 4.98 Å². The molecule has 0 amide bonds. The highest BCUT2D eigenvalue weighted by Gasteiger charge is 1.96. The molecule has 0 saturated carbocycles. The molecule has 2 aromatic rings. The number of pyridine rings is 1. The van der Waals surface area contributed by atoms with Crippen molar-refractivity contribution in [2.24, 2.45) is 10.7 Å². The fourth-order valence-electron chi connectivity index (χ4n) is 2.16. The van der Waals surface area contributed by atoms with Crippen molar-refractivity contribution in [1.82, 2.24) is 20.3 Å². The number of hydrogen-bond acceptors (Lipinski definition) is 3. The van der Waals surface area contributed by atoms with Gasteiger partial charge in [0.1, 0.15) is 0 Å². The van der Waals surface area contributed by atoms with Gasteiger partial charge in [0.25, 0.3) is 0 Å². The lowest BCUT2D eigenvalue weighted by Crippen LogP contribution is -2.32. The van der Waals surface area contributed by atoms with Crippen molar-refractivity contribution in [2.75, 3.05) is 13.1 Å². The maximum Gasteiger partial charge on any atom is 0.188 e. The van der Waals surface area contributed by atoms with Crippen molar-refractivity contribution in [3.8, 4) is 0 Å². The number of imidazole rings is 1. The topological polar surface area (TPSA) is 92.0 Å². The molecule has 2 aromatic heterocycles. The standard InChI is InChI=1S/C16H24N6/c17-16(21-10-4-7-15-12-19-13-22-15)20-9-2-1-5-14-6-3-8-18-11-14/h3,6,8,11-13H,1-2,4-5,7,9-10H2,(H,19,22)(H3,17,20,21). The first-order valence-corrected chi connectivity index (χ1v) is 7.74. The molecule has 0 aliphatic rings. The Kier molecular flexibility index (Phi) is 6.95. The van der Waals surface area contributed by atoms with Crippen molar-refractivity contribution in [3.63, 3.8) is 0 Å². The van der Waals surface area contributed by atoms with Crippen LogP contribution in [-0.4, -0.2) is 34.0 Å². The van der Waals surface area contributed by atoms with E-state index in [9.17, 15) is 0 Å². The van der Waals surface area contributed by atoms with E-state index in [2.05, 4.69) is 31.3 Å². The Bertz CT molecular complexity index is 535. The fraction of sp³-hybridized carbons (Fsp3) is 0.438. The molecule has 6 nitrogen and oxygen atoms in total. The molecule has 2 heterocycles. The van der Waals surface area contributed by atoms with Crippen LogP contribution in [0, 0.1) is 0 Å². The molecule has 4 N–H and O–H groups in total. The summed E-state index contributed by atoms with van der Waals surface area (Å²) >= 11 is 0. The number of aromatic nitrogens is 3. The Morgan fingerprint density at radius 1 is 1.18 bits per heavy atom. The number of unbranched alkanes of at least 4 members (excludes halogenated alkanes) is 1. The number of rotatable bonds is 9. The highest BCUT2D eigenvalue weighted by atomic mass is 15.1. The van der Waals surface area contributed by atoms with E-state index in [1.165, 1.54) is 5.56 Å². The van der Waals surface area contributed by atoms with E-state index in [-0.39, 0.29) is 0 Å². The number of nitrogens with two attached hydrogens (primary N) is 1. The predicted molar refractivity (Wildman–Crippen MR) is 88.6 cm³/mol. The minimum Gasteiger partial charge on any atom is -0.370 e. The highest BCUT2D eigenvalue weighted by Crippen LogP contribution is 2.02. The first kappa shape index (κ1) is 16.0. The zero-order chi connectivity index (χ0) is 15.5. The molecular formula is C16H24N6. The average Bonchev–Trinajstić information content (AvgIpc) is 3.06. The Morgan fingerprint density at radius 2 is 2.14 bits per heavy atom. The van der Waals surface area contributed by atoms with Gasteiger partial charge < -0.3 is 16.0 Å². The molecule has 6 heteroatoms. The Balaban J connectivity index is 1.49. The molecule has 0 aromatic carbocycles. The molecule has 0 atom stereocenters. The van der Waals surface area contributed by atoms with E-state index in [0.717, 1.165) is 50.9 Å². The van der Waals surface area contributed by atoms with E-state index < -0.39 is 0 Å². The van der Waals surface area contributed by atoms with Gasteiger partial charge in [-0.2, -0.15) is 0 Å². The summed E-state index contributed by atoms with van der Waals surface area (Å²) in [6.45, 7) is 1.59. The molecule has 0 radical (unpaired) electrons. The Hall–Kier alpha value is -2.37. The number of aryl methyl sites for hydroxylation is 2. The third-order valence-electron chi connectivity index (χ3n) is 3.36. The van der Waals surface area contributed by atoms with Crippen molar-refractivity contribution in [3.05, 3.63) is 48.3 Å². The van der Waals surface area contributed by atoms with E-state index in [1.54, 1.807) is 12.5 Å². The van der Waals surface area contributed by atoms with Gasteiger partial charge in [-0.1, -0.05) is 6.07 Å². The maximum atomic E-state index is 5.84. The largest absolute Gasteiger partial charge is 0.370 e. The van der Waals surface area contributed by atoms with Crippen molar-refractivity contribution in [1.29, 1.82) is 0 Å². The van der Waals surface area contributed by atoms with Gasteiger partial charge in [0, 0.05) is 37.4 Å². The second kappa shape index (κ2) is 9.55. The van der Waals surface area contributed by atoms with Gasteiger partial charge in [0.2, 0.25) is 0 Å². The summed E-state index contributed by atoms with van der Waals surface area (Å²) in [5.74, 6) is 0.533. The van der Waals surface area contributed by atoms with Gasteiger partial charge in [-0.3, -0.25) is 9.98 Å². The minimum absolute atomic E-state index is 0.533. The van der Waals surface area contributed by atoms with Crippen LogP contribution in [0.4, 0.5) is 0 Å². The number of nitrogens with zero attached hydrogens (tertiary/aromatic N) is 3. The third-order valence-corrected chi connectivity index (χ3v) is 3.36. The van der Waals surface area contributed by atoms with Gasteiger partial charge in [-0.05, 0) is 43.7 Å². The summed E-state index contributed by atoms with van der Waals surface area (Å²) in [6.07, 6.45) is 12.4. The van der Waals surface area contributed by atoms with Crippen LogP contribution >= 0.6 is 0 Å². The zero-order valence-corrected chi connectivity index (χ0v) is 12.8. The number of guanidine groups is 1. The zero-order valence-electron chi connectivity index (χ0n) is 12.8. The molecule has 0 aliphatic carbocycles. The van der Waals surface area contributed by atoms with Crippen LogP contribution in [0.3, 0.4) is 0 Å². The molecule has 0 aliphatic heterocycles. The van der Waals surface area contributed by atoms with E-state index in [4.69, 9.17) is 5.73 Å². The average molecular weight is 300 g/mol. The van der Waals surface area contributed by atoms with E-state index >= 15 is 0 Å². The Labute approximate surface area is 131 Å². The molecule has 0 saturated heterocycles. The maximum absolute atomic E-state index is 5.84. The van der Waals surface area contributed by atoms with Gasteiger partial charge in [0.05, 0.1) is 6.33 Å². The van der Waals surface area contributed by atoms with Crippen LogP contribution in [0.15, 0.2) is 42.0 Å². The van der Waals surface area contributed by atoms with Crippen LogP contribution in [0.2, 0.25) is 0 Å². The van der Waals surface area contributed by atoms with Crippen LogP contribution in [0.5, 0.6) is 0 Å². The Morgan fingerprint density at radius 3 is 2.91 bits per heavy atom. The lowest BCUT2D eigenvalue weighted by Gasteiger charge is -2.05. The van der Waals surface area contributed by atoms with Crippen LogP contribution in [0.25, 0.3) is 0 Å². The molecule has 0 bridgehead atoms. The molecule has 0 fully saturated rings. The highest BCUT2D eigenvalue weighted by molar-refractivity contribution is 5.77. The second-order valence-electron chi connectivity index (χ2n) is 5.19. The molecule has 0 spiro atoms. The molecular weight excluding hydrogens is 276 g/mol. The van der Waals surface area contributed by atoms with Crippen LogP contribution < -0.4 is 11.1 Å². The minimum atomic E-state index is 0.533. The molecule has 118 valence electrons. The van der Waals surface area contributed by atoms with Crippen molar-refractivity contribution < 1.29 is 0 Å². The predicted octanol–water partition coefficient (Wildman–Crippen LogP) is 1.66. The van der Waals surface area contributed by atoms with Crippen molar-refractivity contribution in [2.45, 2.75) is 32.1 Å².